The maximum atomic E-state index is 12.8. The Morgan fingerprint density at radius 1 is 1.26 bits per heavy atom. The molecule has 168 valence electrons. The van der Waals surface area contributed by atoms with E-state index < -0.39 is 16.3 Å². The quantitative estimate of drug-likeness (QED) is 0.343. The molecule has 0 aromatic heterocycles. The normalized spacial score (nSPS) is 23.2. The number of hydrogen-bond acceptors (Lipinski definition) is 5. The van der Waals surface area contributed by atoms with E-state index in [1.165, 1.54) is 0 Å². The molecule has 31 heavy (non-hydrogen) atoms. The number of para-hydroxylation sites is 1. The van der Waals surface area contributed by atoms with Crippen molar-refractivity contribution in [1.29, 1.82) is 5.41 Å². The molecule has 10 heteroatoms. The number of anilines is 1. The summed E-state index contributed by atoms with van der Waals surface area (Å²) in [5.41, 5.74) is 5.36. The maximum absolute atomic E-state index is 12.8. The second-order valence-corrected chi connectivity index (χ2v) is 9.91. The van der Waals surface area contributed by atoms with Crippen molar-refractivity contribution in [3.8, 4) is 0 Å². The van der Waals surface area contributed by atoms with E-state index in [2.05, 4.69) is 10.6 Å². The first-order valence-corrected chi connectivity index (χ1v) is 10.9. The lowest BCUT2D eigenvalue weighted by Gasteiger charge is -2.24. The van der Waals surface area contributed by atoms with E-state index in [0.29, 0.717) is 30.8 Å². The summed E-state index contributed by atoms with van der Waals surface area (Å²) in [6.45, 7) is 4.68. The molecular weight excluding hydrogens is 441 g/mol. The summed E-state index contributed by atoms with van der Waals surface area (Å²) in [4.78, 5) is 38.4. The minimum absolute atomic E-state index is 0.0448. The average Bonchev–Trinajstić information content (AvgIpc) is 3.07. The first kappa shape index (κ1) is 23.3. The highest BCUT2D eigenvalue weighted by Crippen LogP contribution is 2.68. The molecule has 3 amide bonds. The zero-order valence-electron chi connectivity index (χ0n) is 17.5. The van der Waals surface area contributed by atoms with Gasteiger partial charge in [0.2, 0.25) is 11.8 Å². The fourth-order valence-corrected chi connectivity index (χ4v) is 4.91. The van der Waals surface area contributed by atoms with E-state index in [1.807, 2.05) is 13.8 Å². The number of amides is 3. The predicted molar refractivity (Wildman–Crippen MR) is 120 cm³/mol. The number of carbonyl (C=O) groups excluding carboxylic acids is 3. The number of nitrogens with one attached hydrogen (secondary N) is 3. The fraction of sp³-hybridized carbons (Fsp3) is 0.524. The van der Waals surface area contributed by atoms with E-state index in [9.17, 15) is 14.4 Å². The Kier molecular flexibility index (Phi) is 6.53. The maximum Gasteiger partial charge on any atom is 0.267 e. The van der Waals surface area contributed by atoms with Crippen molar-refractivity contribution < 1.29 is 14.4 Å². The summed E-state index contributed by atoms with van der Waals surface area (Å²) >= 11 is 12.5. The van der Waals surface area contributed by atoms with E-state index in [0.717, 1.165) is 6.42 Å². The molecule has 5 N–H and O–H groups in total. The van der Waals surface area contributed by atoms with Crippen molar-refractivity contribution in [1.82, 2.24) is 10.2 Å². The molecule has 0 unspecified atom stereocenters. The Morgan fingerprint density at radius 3 is 2.52 bits per heavy atom. The summed E-state index contributed by atoms with van der Waals surface area (Å²) in [6.07, 6.45) is 1.32. The van der Waals surface area contributed by atoms with Gasteiger partial charge in [0.25, 0.3) is 5.91 Å². The van der Waals surface area contributed by atoms with Crippen molar-refractivity contribution in [2.45, 2.75) is 37.1 Å². The Labute approximate surface area is 191 Å². The number of benzene rings is 1. The van der Waals surface area contributed by atoms with Gasteiger partial charge in [0, 0.05) is 35.7 Å². The van der Waals surface area contributed by atoms with Crippen LogP contribution in [0.4, 0.5) is 5.69 Å². The number of nitrogens with two attached hydrogens (primary N) is 1. The summed E-state index contributed by atoms with van der Waals surface area (Å²) in [5.74, 6) is -1.35. The van der Waals surface area contributed by atoms with Crippen molar-refractivity contribution in [2.75, 3.05) is 25.0 Å². The Morgan fingerprint density at radius 2 is 1.90 bits per heavy atom. The first-order chi connectivity index (χ1) is 14.5. The van der Waals surface area contributed by atoms with Gasteiger partial charge in [-0.25, -0.2) is 0 Å². The Balaban J connectivity index is 1.58. The van der Waals surface area contributed by atoms with Crippen LogP contribution in [0.1, 0.15) is 32.3 Å². The van der Waals surface area contributed by atoms with E-state index in [1.54, 1.807) is 29.2 Å². The van der Waals surface area contributed by atoms with Gasteiger partial charge in [0.05, 0.1) is 6.54 Å². The smallest absolute Gasteiger partial charge is 0.267 e. The summed E-state index contributed by atoms with van der Waals surface area (Å²) in [6, 6.07) is 6.10. The van der Waals surface area contributed by atoms with Crippen LogP contribution in [0.15, 0.2) is 24.3 Å². The zero-order valence-corrected chi connectivity index (χ0v) is 19.0. The van der Waals surface area contributed by atoms with Crippen molar-refractivity contribution in [3.63, 3.8) is 0 Å². The van der Waals surface area contributed by atoms with Gasteiger partial charge in [-0.2, -0.15) is 0 Å². The van der Waals surface area contributed by atoms with Crippen LogP contribution in [0.25, 0.3) is 0 Å². The summed E-state index contributed by atoms with van der Waals surface area (Å²) in [5, 5.41) is 13.7. The fourth-order valence-electron chi connectivity index (χ4n) is 4.06. The molecule has 1 aliphatic heterocycles. The molecule has 1 saturated carbocycles. The molecule has 1 saturated heterocycles. The summed E-state index contributed by atoms with van der Waals surface area (Å²) in [7, 11) is 0. The van der Waals surface area contributed by atoms with E-state index in [4.69, 9.17) is 34.3 Å². The highest BCUT2D eigenvalue weighted by Gasteiger charge is 2.69. The monoisotopic (exact) mass is 467 g/mol. The number of carbonyl (C=O) groups is 3. The SMILES string of the molecule is CC1(C)[C@H](CNC(=O)[C@@H]2CCCN2C(=O)CNc2ccccc2C(=N)C(N)=O)C1(Cl)Cl. The molecule has 8 nitrogen and oxygen atoms in total. The number of rotatable bonds is 8. The van der Waals surface area contributed by atoms with Crippen LogP contribution < -0.4 is 16.4 Å². The summed E-state index contributed by atoms with van der Waals surface area (Å²) < 4.78 is -0.860. The largest absolute Gasteiger partial charge is 0.376 e. The van der Waals surface area contributed by atoms with Gasteiger partial charge in [-0.1, -0.05) is 32.0 Å². The minimum Gasteiger partial charge on any atom is -0.376 e. The third kappa shape index (κ3) is 4.50. The number of hydrogen-bond donors (Lipinski definition) is 4. The van der Waals surface area contributed by atoms with Crippen molar-refractivity contribution in [2.24, 2.45) is 17.1 Å². The first-order valence-electron chi connectivity index (χ1n) is 10.1. The molecule has 2 aliphatic rings. The molecule has 0 radical (unpaired) electrons. The Hall–Kier alpha value is -2.32. The molecule has 2 atom stereocenters. The van der Waals surface area contributed by atoms with Crippen LogP contribution in [-0.2, 0) is 14.4 Å². The van der Waals surface area contributed by atoms with Crippen LogP contribution in [0.3, 0.4) is 0 Å². The molecule has 0 spiro atoms. The van der Waals surface area contributed by atoms with Crippen LogP contribution in [-0.4, -0.2) is 58.3 Å². The zero-order chi connectivity index (χ0) is 23.0. The van der Waals surface area contributed by atoms with E-state index >= 15 is 0 Å². The van der Waals surface area contributed by atoms with Crippen LogP contribution in [0.2, 0.25) is 0 Å². The van der Waals surface area contributed by atoms with Gasteiger partial charge in [0.15, 0.2) is 0 Å². The van der Waals surface area contributed by atoms with Gasteiger partial charge >= 0.3 is 0 Å². The highest BCUT2D eigenvalue weighted by atomic mass is 35.5. The van der Waals surface area contributed by atoms with Crippen molar-refractivity contribution >= 4 is 52.3 Å². The minimum atomic E-state index is -0.860. The number of primary amides is 1. The predicted octanol–water partition coefficient (Wildman–Crippen LogP) is 1.89. The lowest BCUT2D eigenvalue weighted by molar-refractivity contribution is -0.137. The van der Waals surface area contributed by atoms with Gasteiger partial charge < -0.3 is 21.3 Å². The molecule has 1 aromatic carbocycles. The van der Waals surface area contributed by atoms with Crippen LogP contribution in [0, 0.1) is 16.7 Å². The number of nitrogens with zero attached hydrogens (tertiary/aromatic N) is 1. The number of likely N-dealkylation sites (tertiary alicyclic amines) is 1. The van der Waals surface area contributed by atoms with E-state index in [-0.39, 0.29) is 35.4 Å². The lowest BCUT2D eigenvalue weighted by Crippen LogP contribution is -2.48. The van der Waals surface area contributed by atoms with Gasteiger partial charge in [-0.15, -0.1) is 23.2 Å². The highest BCUT2D eigenvalue weighted by molar-refractivity contribution is 6.51. The molecule has 1 aliphatic carbocycles. The third-order valence-corrected chi connectivity index (χ3v) is 7.81. The van der Waals surface area contributed by atoms with Gasteiger partial charge in [0.1, 0.15) is 16.1 Å². The molecule has 3 rings (SSSR count). The second kappa shape index (κ2) is 8.67. The van der Waals surface area contributed by atoms with Crippen LogP contribution >= 0.6 is 23.2 Å². The average molecular weight is 468 g/mol. The van der Waals surface area contributed by atoms with Gasteiger partial charge in [-0.05, 0) is 18.9 Å². The standard InChI is InChI=1S/C21H27Cl2N5O3/c1-20(2)15(21(20,22)23)10-27-19(31)14-8-5-9-28(14)16(29)11-26-13-7-4-3-6-12(13)17(24)18(25)30/h3-4,6-7,14-15,24,26H,5,8-11H2,1-2H3,(H2,25,30)(H,27,31)/t14-,15-/m0/s1. The van der Waals surface area contributed by atoms with Crippen LogP contribution in [0.5, 0.6) is 0 Å². The van der Waals surface area contributed by atoms with Gasteiger partial charge in [-0.3, -0.25) is 19.8 Å². The number of halogens is 2. The molecule has 2 fully saturated rings. The Bertz CT molecular complexity index is 904. The lowest BCUT2D eigenvalue weighted by atomic mass is 10.1. The number of alkyl halides is 2. The second-order valence-electron chi connectivity index (χ2n) is 8.53. The molecule has 0 bridgehead atoms. The molecule has 1 heterocycles. The molecular formula is C21H27Cl2N5O3. The van der Waals surface area contributed by atoms with Crippen molar-refractivity contribution in [3.05, 3.63) is 29.8 Å². The molecule has 1 aromatic rings. The topological polar surface area (TPSA) is 128 Å². The third-order valence-electron chi connectivity index (χ3n) is 6.31.